The standard InChI is InChI=1S/C10H14ClN/c1-2-9-5-6-10(12-8-9)4-3-7-11/h5-6,8H,2-4,7H2,1H3. The molecule has 0 fully saturated rings. The largest absolute Gasteiger partial charge is 0.261 e. The second kappa shape index (κ2) is 5.15. The first kappa shape index (κ1) is 9.53. The quantitative estimate of drug-likeness (QED) is 0.655. The van der Waals surface area contributed by atoms with Gasteiger partial charge in [0.15, 0.2) is 0 Å². The van der Waals surface area contributed by atoms with Crippen LogP contribution < -0.4 is 0 Å². The molecule has 66 valence electrons. The lowest BCUT2D eigenvalue weighted by molar-refractivity contribution is 0.882. The van der Waals surface area contributed by atoms with Crippen molar-refractivity contribution in [1.29, 1.82) is 0 Å². The number of aromatic nitrogens is 1. The number of alkyl halides is 1. The molecule has 0 aliphatic rings. The third-order valence-electron chi connectivity index (χ3n) is 1.86. The predicted molar refractivity (Wildman–Crippen MR) is 52.7 cm³/mol. The van der Waals surface area contributed by atoms with Gasteiger partial charge in [0.2, 0.25) is 0 Å². The first-order valence-corrected chi connectivity index (χ1v) is 4.90. The van der Waals surface area contributed by atoms with Gasteiger partial charge in [-0.1, -0.05) is 13.0 Å². The van der Waals surface area contributed by atoms with E-state index in [9.17, 15) is 0 Å². The van der Waals surface area contributed by atoms with Crippen molar-refractivity contribution in [2.45, 2.75) is 26.2 Å². The van der Waals surface area contributed by atoms with Gasteiger partial charge in [0.25, 0.3) is 0 Å². The van der Waals surface area contributed by atoms with Crippen molar-refractivity contribution in [2.24, 2.45) is 0 Å². The van der Waals surface area contributed by atoms with Crippen molar-refractivity contribution in [3.05, 3.63) is 29.6 Å². The van der Waals surface area contributed by atoms with E-state index in [1.54, 1.807) is 0 Å². The summed E-state index contributed by atoms with van der Waals surface area (Å²) in [5, 5.41) is 0. The van der Waals surface area contributed by atoms with Crippen LogP contribution in [0.15, 0.2) is 18.3 Å². The number of nitrogens with zero attached hydrogens (tertiary/aromatic N) is 1. The lowest BCUT2D eigenvalue weighted by Crippen LogP contribution is -1.91. The molecule has 0 bridgehead atoms. The fourth-order valence-corrected chi connectivity index (χ4v) is 1.19. The number of pyridine rings is 1. The molecule has 0 N–H and O–H groups in total. The number of hydrogen-bond donors (Lipinski definition) is 0. The maximum Gasteiger partial charge on any atom is 0.0404 e. The van der Waals surface area contributed by atoms with E-state index in [1.807, 2.05) is 6.20 Å². The van der Waals surface area contributed by atoms with E-state index in [2.05, 4.69) is 24.0 Å². The SMILES string of the molecule is CCc1ccc(CCCCl)nc1. The highest BCUT2D eigenvalue weighted by Gasteiger charge is 1.93. The highest BCUT2D eigenvalue weighted by atomic mass is 35.5. The van der Waals surface area contributed by atoms with Crippen molar-refractivity contribution in [3.63, 3.8) is 0 Å². The van der Waals surface area contributed by atoms with Gasteiger partial charge < -0.3 is 0 Å². The van der Waals surface area contributed by atoms with Gasteiger partial charge in [-0.25, -0.2) is 0 Å². The number of hydrogen-bond acceptors (Lipinski definition) is 1. The van der Waals surface area contributed by atoms with Crippen molar-refractivity contribution in [3.8, 4) is 0 Å². The van der Waals surface area contributed by atoms with Gasteiger partial charge in [-0.3, -0.25) is 4.98 Å². The van der Waals surface area contributed by atoms with Crippen molar-refractivity contribution in [1.82, 2.24) is 4.98 Å². The normalized spacial score (nSPS) is 10.2. The summed E-state index contributed by atoms with van der Waals surface area (Å²) < 4.78 is 0. The van der Waals surface area contributed by atoms with E-state index < -0.39 is 0 Å². The fourth-order valence-electron chi connectivity index (χ4n) is 1.06. The van der Waals surface area contributed by atoms with E-state index >= 15 is 0 Å². The Balaban J connectivity index is 2.53. The van der Waals surface area contributed by atoms with E-state index in [1.165, 1.54) is 5.56 Å². The molecule has 0 aliphatic carbocycles. The van der Waals surface area contributed by atoms with Crippen LogP contribution in [0.2, 0.25) is 0 Å². The summed E-state index contributed by atoms with van der Waals surface area (Å²) in [6.07, 6.45) is 5.01. The van der Waals surface area contributed by atoms with Crippen LogP contribution in [0.3, 0.4) is 0 Å². The average Bonchev–Trinajstić information content (AvgIpc) is 2.15. The molecule has 1 heterocycles. The topological polar surface area (TPSA) is 12.9 Å². The Morgan fingerprint density at radius 1 is 1.42 bits per heavy atom. The van der Waals surface area contributed by atoms with Gasteiger partial charge in [0, 0.05) is 17.8 Å². The Hall–Kier alpha value is -0.560. The molecule has 12 heavy (non-hydrogen) atoms. The van der Waals surface area contributed by atoms with Gasteiger partial charge >= 0.3 is 0 Å². The van der Waals surface area contributed by atoms with Crippen LogP contribution in [0.5, 0.6) is 0 Å². The van der Waals surface area contributed by atoms with Crippen LogP contribution in [0.25, 0.3) is 0 Å². The molecule has 0 saturated heterocycles. The Morgan fingerprint density at radius 3 is 2.75 bits per heavy atom. The van der Waals surface area contributed by atoms with Crippen LogP contribution in [0.1, 0.15) is 24.6 Å². The molecule has 0 spiro atoms. The molecule has 2 heteroatoms. The molecule has 1 nitrogen and oxygen atoms in total. The monoisotopic (exact) mass is 183 g/mol. The first-order chi connectivity index (χ1) is 5.86. The van der Waals surface area contributed by atoms with Gasteiger partial charge in [0.1, 0.15) is 0 Å². The number of aryl methyl sites for hydroxylation is 2. The predicted octanol–water partition coefficient (Wildman–Crippen LogP) is 2.82. The summed E-state index contributed by atoms with van der Waals surface area (Å²) in [4.78, 5) is 4.33. The summed E-state index contributed by atoms with van der Waals surface area (Å²) >= 11 is 5.58. The minimum absolute atomic E-state index is 0.719. The molecule has 0 amide bonds. The molecule has 0 unspecified atom stereocenters. The van der Waals surface area contributed by atoms with Crippen molar-refractivity contribution in [2.75, 3.05) is 5.88 Å². The lowest BCUT2D eigenvalue weighted by Gasteiger charge is -1.99. The summed E-state index contributed by atoms with van der Waals surface area (Å²) in [5.41, 5.74) is 2.44. The third-order valence-corrected chi connectivity index (χ3v) is 2.13. The van der Waals surface area contributed by atoms with Gasteiger partial charge in [-0.05, 0) is 30.9 Å². The minimum Gasteiger partial charge on any atom is -0.261 e. The summed E-state index contributed by atoms with van der Waals surface area (Å²) in [6.45, 7) is 2.13. The van der Waals surface area contributed by atoms with E-state index in [4.69, 9.17) is 11.6 Å². The molecule has 0 aromatic carbocycles. The maximum absolute atomic E-state index is 5.58. The zero-order chi connectivity index (χ0) is 8.81. The van der Waals surface area contributed by atoms with E-state index in [0.717, 1.165) is 30.8 Å². The number of rotatable bonds is 4. The summed E-state index contributed by atoms with van der Waals surface area (Å²) in [6, 6.07) is 4.22. The van der Waals surface area contributed by atoms with Crippen molar-refractivity contribution >= 4 is 11.6 Å². The second-order valence-corrected chi connectivity index (χ2v) is 3.18. The highest BCUT2D eigenvalue weighted by Crippen LogP contribution is 2.03. The van der Waals surface area contributed by atoms with Gasteiger partial charge in [0.05, 0.1) is 0 Å². The Bertz CT molecular complexity index is 218. The molecular formula is C10H14ClN. The minimum atomic E-state index is 0.719. The molecule has 1 aromatic heterocycles. The summed E-state index contributed by atoms with van der Waals surface area (Å²) in [5.74, 6) is 0.719. The second-order valence-electron chi connectivity index (χ2n) is 2.80. The van der Waals surface area contributed by atoms with Crippen LogP contribution in [0.4, 0.5) is 0 Å². The average molecular weight is 184 g/mol. The van der Waals surface area contributed by atoms with Crippen LogP contribution >= 0.6 is 11.6 Å². The zero-order valence-corrected chi connectivity index (χ0v) is 8.14. The van der Waals surface area contributed by atoms with E-state index in [-0.39, 0.29) is 0 Å². The molecular weight excluding hydrogens is 170 g/mol. The maximum atomic E-state index is 5.58. The van der Waals surface area contributed by atoms with Crippen LogP contribution in [-0.2, 0) is 12.8 Å². The molecule has 0 aliphatic heterocycles. The smallest absolute Gasteiger partial charge is 0.0404 e. The molecule has 1 aromatic rings. The highest BCUT2D eigenvalue weighted by molar-refractivity contribution is 6.17. The lowest BCUT2D eigenvalue weighted by atomic mass is 10.2. The first-order valence-electron chi connectivity index (χ1n) is 4.36. The molecule has 0 saturated carbocycles. The summed E-state index contributed by atoms with van der Waals surface area (Å²) in [7, 11) is 0. The van der Waals surface area contributed by atoms with Crippen molar-refractivity contribution < 1.29 is 0 Å². The molecule has 0 radical (unpaired) electrons. The van der Waals surface area contributed by atoms with Crippen LogP contribution in [0, 0.1) is 0 Å². The molecule has 0 atom stereocenters. The number of halogens is 1. The Kier molecular flexibility index (Phi) is 4.09. The van der Waals surface area contributed by atoms with E-state index in [0.29, 0.717) is 0 Å². The van der Waals surface area contributed by atoms with Gasteiger partial charge in [-0.15, -0.1) is 11.6 Å². The zero-order valence-electron chi connectivity index (χ0n) is 7.39. The van der Waals surface area contributed by atoms with Gasteiger partial charge in [-0.2, -0.15) is 0 Å². The molecule has 1 rings (SSSR count). The Labute approximate surface area is 78.8 Å². The fraction of sp³-hybridized carbons (Fsp3) is 0.500. The Morgan fingerprint density at radius 2 is 2.25 bits per heavy atom. The third kappa shape index (κ3) is 2.82. The van der Waals surface area contributed by atoms with Crippen LogP contribution in [-0.4, -0.2) is 10.9 Å².